The van der Waals surface area contributed by atoms with Crippen LogP contribution in [0.3, 0.4) is 0 Å². The van der Waals surface area contributed by atoms with Gasteiger partial charge in [-0.2, -0.15) is 0 Å². The van der Waals surface area contributed by atoms with E-state index in [0.29, 0.717) is 0 Å². The average molecular weight is 455 g/mol. The largest absolute Gasteiger partial charge is 0.326 e. The van der Waals surface area contributed by atoms with Crippen molar-refractivity contribution >= 4 is 32.5 Å². The third-order valence-electron chi connectivity index (χ3n) is 5.45. The highest BCUT2D eigenvalue weighted by molar-refractivity contribution is 9.10. The van der Waals surface area contributed by atoms with Crippen molar-refractivity contribution in [1.29, 1.82) is 0 Å². The number of para-hydroxylation sites is 1. The van der Waals surface area contributed by atoms with Crippen LogP contribution in [0.15, 0.2) is 57.9 Å². The van der Waals surface area contributed by atoms with Crippen molar-refractivity contribution in [1.82, 2.24) is 10.1 Å². The number of hydrogen-bond donors (Lipinski definition) is 2. The lowest BCUT2D eigenvalue weighted by molar-refractivity contribution is 0.566. The lowest BCUT2D eigenvalue weighted by Gasteiger charge is -2.34. The molecule has 0 amide bonds. The predicted octanol–water partition coefficient (Wildman–Crippen LogP) is 4.22. The van der Waals surface area contributed by atoms with Gasteiger partial charge < -0.3 is 10.4 Å². The molecule has 5 nitrogen and oxygen atoms in total. The van der Waals surface area contributed by atoms with Gasteiger partial charge in [0.25, 0.3) is 0 Å². The Bertz CT molecular complexity index is 1050. The van der Waals surface area contributed by atoms with Crippen LogP contribution in [-0.2, 0) is 12.8 Å². The molecule has 2 N–H and O–H groups in total. The maximum Gasteiger partial charge on any atom is 0.189 e. The summed E-state index contributed by atoms with van der Waals surface area (Å²) in [7, 11) is 0. The van der Waals surface area contributed by atoms with Gasteiger partial charge in [-0.05, 0) is 61.1 Å². The molecule has 0 aliphatic carbocycles. The molecule has 0 unspecified atom stereocenters. The molecule has 0 spiro atoms. The Morgan fingerprint density at radius 1 is 1.10 bits per heavy atom. The van der Waals surface area contributed by atoms with Crippen molar-refractivity contribution < 1.29 is 0 Å². The van der Waals surface area contributed by atoms with Crippen molar-refractivity contribution in [2.45, 2.75) is 32.6 Å². The smallest absolute Gasteiger partial charge is 0.189 e. The summed E-state index contributed by atoms with van der Waals surface area (Å²) < 4.78 is 3.12. The Morgan fingerprint density at radius 3 is 2.79 bits per heavy atom. The Hall–Kier alpha value is -2.31. The second-order valence-electron chi connectivity index (χ2n) is 7.42. The number of fused-ring (bicyclic) bond motifs is 2. The summed E-state index contributed by atoms with van der Waals surface area (Å²) in [4.78, 5) is 12.0. The van der Waals surface area contributed by atoms with Gasteiger partial charge in [0.15, 0.2) is 5.43 Å². The highest BCUT2D eigenvalue weighted by atomic mass is 79.9. The molecule has 1 aliphatic rings. The Morgan fingerprint density at radius 2 is 1.93 bits per heavy atom. The van der Waals surface area contributed by atoms with Crippen LogP contribution >= 0.6 is 15.9 Å². The Balaban J connectivity index is 1.36. The summed E-state index contributed by atoms with van der Waals surface area (Å²) in [6, 6.07) is 13.8. The normalized spacial score (nSPS) is 13.5. The monoisotopic (exact) mass is 454 g/mol. The van der Waals surface area contributed by atoms with Crippen molar-refractivity contribution in [3.8, 4) is 0 Å². The molecule has 29 heavy (non-hydrogen) atoms. The fourth-order valence-corrected chi connectivity index (χ4v) is 4.62. The van der Waals surface area contributed by atoms with Gasteiger partial charge >= 0.3 is 0 Å². The van der Waals surface area contributed by atoms with Crippen molar-refractivity contribution in [2.24, 2.45) is 0 Å². The van der Waals surface area contributed by atoms with Gasteiger partial charge in [-0.1, -0.05) is 35.0 Å². The molecule has 0 radical (unpaired) electrons. The van der Waals surface area contributed by atoms with Crippen LogP contribution in [0, 0.1) is 0 Å². The van der Waals surface area contributed by atoms with Gasteiger partial charge in [0.1, 0.15) is 0 Å². The average Bonchev–Trinajstić information content (AvgIpc) is 2.74. The van der Waals surface area contributed by atoms with Crippen LogP contribution < -0.4 is 21.3 Å². The second kappa shape index (κ2) is 9.01. The van der Waals surface area contributed by atoms with Crippen LogP contribution in [0.5, 0.6) is 0 Å². The third-order valence-corrected chi connectivity index (χ3v) is 5.91. The number of pyridine rings is 1. The summed E-state index contributed by atoms with van der Waals surface area (Å²) in [5.74, 6) is 0. The van der Waals surface area contributed by atoms with E-state index >= 15 is 0 Å². The number of hydrazine groups is 1. The first-order valence-electron chi connectivity index (χ1n) is 10.3. The summed E-state index contributed by atoms with van der Waals surface area (Å²) in [5.41, 5.74) is 12.2. The van der Waals surface area contributed by atoms with Crippen LogP contribution in [0.1, 0.15) is 30.9 Å². The van der Waals surface area contributed by atoms with E-state index in [1.807, 2.05) is 35.1 Å². The van der Waals surface area contributed by atoms with Crippen molar-refractivity contribution in [2.75, 3.05) is 30.1 Å². The molecule has 3 aromatic rings. The van der Waals surface area contributed by atoms with Gasteiger partial charge in [0, 0.05) is 41.8 Å². The molecule has 0 bridgehead atoms. The van der Waals surface area contributed by atoms with Crippen molar-refractivity contribution in [3.05, 3.63) is 74.5 Å². The lowest BCUT2D eigenvalue weighted by Crippen LogP contribution is -2.43. The molecule has 1 aliphatic heterocycles. The van der Waals surface area contributed by atoms with Crippen LogP contribution in [0.2, 0.25) is 0 Å². The Labute approximate surface area is 179 Å². The van der Waals surface area contributed by atoms with Gasteiger partial charge in [-0.3, -0.25) is 9.47 Å². The first-order chi connectivity index (χ1) is 14.2. The number of anilines is 1. The van der Waals surface area contributed by atoms with Crippen LogP contribution in [-0.4, -0.2) is 24.3 Å². The molecule has 0 atom stereocenters. The molecule has 2 heterocycles. The zero-order valence-corrected chi connectivity index (χ0v) is 18.3. The highest BCUT2D eigenvalue weighted by Crippen LogP contribution is 2.33. The van der Waals surface area contributed by atoms with E-state index in [2.05, 4.69) is 50.8 Å². The molecule has 1 aromatic heterocycles. The maximum atomic E-state index is 12.0. The quantitative estimate of drug-likeness (QED) is 0.524. The fourth-order valence-electron chi connectivity index (χ4n) is 4.07. The minimum atomic E-state index is 0.0578. The number of hydrogen-bond acceptors (Lipinski definition) is 4. The topological polar surface area (TPSA) is 49.3 Å². The molecular weight excluding hydrogens is 428 g/mol. The zero-order valence-electron chi connectivity index (χ0n) is 16.7. The molecule has 2 aromatic carbocycles. The number of nitrogens with zero attached hydrogens (tertiary/aromatic N) is 2. The fraction of sp³-hybridized carbons (Fsp3) is 0.348. The van der Waals surface area contributed by atoms with Gasteiger partial charge in [0.2, 0.25) is 0 Å². The third kappa shape index (κ3) is 4.33. The molecular formula is C23H27BrN4O. The number of aromatic nitrogens is 1. The van der Waals surface area contributed by atoms with E-state index in [9.17, 15) is 4.79 Å². The van der Waals surface area contributed by atoms with Gasteiger partial charge in [-0.15, -0.1) is 0 Å². The highest BCUT2D eigenvalue weighted by Gasteiger charge is 2.20. The molecule has 0 saturated carbocycles. The van der Waals surface area contributed by atoms with E-state index in [4.69, 9.17) is 0 Å². The molecule has 152 valence electrons. The minimum absolute atomic E-state index is 0.0578. The number of rotatable bonds is 7. The predicted molar refractivity (Wildman–Crippen MR) is 124 cm³/mol. The molecule has 6 heteroatoms. The van der Waals surface area contributed by atoms with Gasteiger partial charge in [0.05, 0.1) is 11.2 Å². The summed E-state index contributed by atoms with van der Waals surface area (Å²) >= 11 is 3.65. The van der Waals surface area contributed by atoms with Crippen LogP contribution in [0.25, 0.3) is 10.9 Å². The summed E-state index contributed by atoms with van der Waals surface area (Å²) in [6.45, 7) is 4.97. The van der Waals surface area contributed by atoms with Crippen LogP contribution in [0.4, 0.5) is 5.69 Å². The molecule has 0 saturated heterocycles. The SMILES string of the molecule is CCc1cc(Br)cc2c1N(NCCCNn1ccc(=O)c3ccccc31)CCC2. The zero-order chi connectivity index (χ0) is 20.2. The summed E-state index contributed by atoms with van der Waals surface area (Å²) in [6.07, 6.45) is 6.12. The number of nitrogens with one attached hydrogen (secondary N) is 2. The van der Waals surface area contributed by atoms with E-state index in [1.54, 1.807) is 6.07 Å². The Kier molecular flexibility index (Phi) is 6.21. The minimum Gasteiger partial charge on any atom is -0.326 e. The second-order valence-corrected chi connectivity index (χ2v) is 8.33. The lowest BCUT2D eigenvalue weighted by atomic mass is 9.97. The first kappa shape index (κ1) is 20.0. The van der Waals surface area contributed by atoms with Gasteiger partial charge in [-0.25, -0.2) is 5.43 Å². The number of aryl methyl sites for hydroxylation is 2. The molecule has 0 fully saturated rings. The number of benzene rings is 2. The molecule has 4 rings (SSSR count). The van der Waals surface area contributed by atoms with E-state index in [1.165, 1.54) is 27.7 Å². The van der Waals surface area contributed by atoms with E-state index < -0.39 is 0 Å². The summed E-state index contributed by atoms with van der Waals surface area (Å²) in [5, 5.41) is 3.07. The maximum absolute atomic E-state index is 12.0. The van der Waals surface area contributed by atoms with Crippen molar-refractivity contribution in [3.63, 3.8) is 0 Å². The standard InChI is InChI=1S/C23H27BrN4O/c1-2-17-15-19(24)16-18-7-5-13-28(23(17)18)26-12-6-11-25-27-14-10-22(29)20-8-3-4-9-21(20)27/h3-4,8-10,14-16,25-26H,2,5-7,11-13H2,1H3. The van der Waals surface area contributed by atoms with E-state index in [0.717, 1.165) is 49.8 Å². The number of halogens is 1. The first-order valence-corrected chi connectivity index (χ1v) is 11.1. The van der Waals surface area contributed by atoms with E-state index in [-0.39, 0.29) is 5.43 Å².